The van der Waals surface area contributed by atoms with Gasteiger partial charge in [0.15, 0.2) is 11.9 Å². The number of aryl methyl sites for hydroxylation is 1. The van der Waals surface area contributed by atoms with Crippen molar-refractivity contribution < 1.29 is 24.2 Å². The van der Waals surface area contributed by atoms with Gasteiger partial charge in [0.2, 0.25) is 0 Å². The fraction of sp³-hybridized carbons (Fsp3) is 0.444. The third kappa shape index (κ3) is 4.86. The lowest BCUT2D eigenvalue weighted by Gasteiger charge is -2.38. The molecular weight excluding hydrogens is 504 g/mol. The van der Waals surface area contributed by atoms with Crippen LogP contribution >= 0.6 is 0 Å². The SMILES string of the molecule is Cc1cc(Nc2nn(C3(CC#N)CCC(C(=O)O)OC3)c3cc[nH]c(=O)c23)ccc1C(=O)N1CCOCC1C. The van der Waals surface area contributed by atoms with Crippen molar-refractivity contribution in [3.05, 3.63) is 51.9 Å². The Morgan fingerprint density at radius 3 is 2.85 bits per heavy atom. The second kappa shape index (κ2) is 10.5. The molecule has 2 aromatic heterocycles. The monoisotopic (exact) mass is 534 g/mol. The Balaban J connectivity index is 1.49. The smallest absolute Gasteiger partial charge is 0.332 e. The van der Waals surface area contributed by atoms with Crippen molar-refractivity contribution in [2.45, 2.75) is 50.8 Å². The first-order valence-electron chi connectivity index (χ1n) is 12.8. The van der Waals surface area contributed by atoms with Crippen LogP contribution in [0.25, 0.3) is 10.9 Å². The first-order chi connectivity index (χ1) is 18.7. The quantitative estimate of drug-likeness (QED) is 0.431. The zero-order valence-electron chi connectivity index (χ0n) is 21.8. The molecule has 5 rings (SSSR count). The highest BCUT2D eigenvalue weighted by Gasteiger charge is 2.42. The van der Waals surface area contributed by atoms with Crippen molar-refractivity contribution in [2.24, 2.45) is 0 Å². The van der Waals surface area contributed by atoms with Crippen molar-refractivity contribution in [1.29, 1.82) is 5.26 Å². The van der Waals surface area contributed by atoms with E-state index in [1.165, 1.54) is 6.20 Å². The molecular formula is C27H30N6O6. The van der Waals surface area contributed by atoms with Crippen LogP contribution < -0.4 is 10.9 Å². The van der Waals surface area contributed by atoms with Gasteiger partial charge in [-0.15, -0.1) is 0 Å². The number of amides is 1. The van der Waals surface area contributed by atoms with Gasteiger partial charge in [-0.2, -0.15) is 10.4 Å². The Morgan fingerprint density at radius 1 is 1.36 bits per heavy atom. The molecule has 2 saturated heterocycles. The molecule has 204 valence electrons. The highest BCUT2D eigenvalue weighted by atomic mass is 16.5. The molecule has 0 bridgehead atoms. The Morgan fingerprint density at radius 2 is 2.18 bits per heavy atom. The number of H-pyrrole nitrogens is 1. The van der Waals surface area contributed by atoms with Crippen molar-refractivity contribution >= 4 is 34.3 Å². The molecule has 0 spiro atoms. The van der Waals surface area contributed by atoms with Crippen LogP contribution in [-0.2, 0) is 19.8 Å². The summed E-state index contributed by atoms with van der Waals surface area (Å²) in [6, 6.07) is 9.21. The summed E-state index contributed by atoms with van der Waals surface area (Å²) >= 11 is 0. The summed E-state index contributed by atoms with van der Waals surface area (Å²) in [5.41, 5.74) is 1.19. The van der Waals surface area contributed by atoms with Crippen molar-refractivity contribution in [1.82, 2.24) is 19.7 Å². The molecule has 39 heavy (non-hydrogen) atoms. The number of nitrogens with zero attached hydrogens (tertiary/aromatic N) is 4. The predicted molar refractivity (Wildman–Crippen MR) is 141 cm³/mol. The third-order valence-electron chi connectivity index (χ3n) is 7.51. The van der Waals surface area contributed by atoms with E-state index >= 15 is 0 Å². The average Bonchev–Trinajstić information content (AvgIpc) is 3.29. The Hall–Kier alpha value is -4.21. The number of nitriles is 1. The van der Waals surface area contributed by atoms with E-state index in [1.54, 1.807) is 22.9 Å². The molecule has 3 atom stereocenters. The number of hydrogen-bond donors (Lipinski definition) is 3. The number of anilines is 2. The van der Waals surface area contributed by atoms with Gasteiger partial charge in [0, 0.05) is 24.0 Å². The van der Waals surface area contributed by atoms with E-state index in [9.17, 15) is 24.8 Å². The summed E-state index contributed by atoms with van der Waals surface area (Å²) in [6.07, 6.45) is 1.13. The van der Waals surface area contributed by atoms with Crippen molar-refractivity contribution in [3.8, 4) is 6.07 Å². The van der Waals surface area contributed by atoms with E-state index in [1.807, 2.05) is 24.8 Å². The number of nitrogens with one attached hydrogen (secondary N) is 2. The Kier molecular flexibility index (Phi) is 7.12. The van der Waals surface area contributed by atoms with Crippen molar-refractivity contribution in [2.75, 3.05) is 31.7 Å². The van der Waals surface area contributed by atoms with Gasteiger partial charge >= 0.3 is 5.97 Å². The normalized spacial score (nSPS) is 23.4. The molecule has 1 aromatic carbocycles. The number of aromatic nitrogens is 3. The maximum Gasteiger partial charge on any atom is 0.332 e. The molecule has 12 nitrogen and oxygen atoms in total. The number of aromatic amines is 1. The van der Waals surface area contributed by atoms with Crippen LogP contribution in [0.15, 0.2) is 35.3 Å². The fourth-order valence-electron chi connectivity index (χ4n) is 5.36. The van der Waals surface area contributed by atoms with E-state index in [0.29, 0.717) is 48.3 Å². The minimum atomic E-state index is -1.05. The number of hydrogen-bond acceptors (Lipinski definition) is 8. The molecule has 3 N–H and O–H groups in total. The standard InChI is InChI=1S/C27H30N6O6/c1-16-13-18(3-4-19(16)25(35)32-11-12-38-14-17(32)2)30-23-22-20(6-10-29-24(22)34)33(31-23)27(8-9-28)7-5-21(26(36)37)39-15-27/h3-4,6,10,13,17,21H,5,7-8,11-12,14-15H2,1-2H3,(H,29,34)(H,30,31)(H,36,37). The van der Waals surface area contributed by atoms with Gasteiger partial charge in [0.1, 0.15) is 5.39 Å². The van der Waals surface area contributed by atoms with Crippen molar-refractivity contribution in [3.63, 3.8) is 0 Å². The summed E-state index contributed by atoms with van der Waals surface area (Å²) in [7, 11) is 0. The summed E-state index contributed by atoms with van der Waals surface area (Å²) in [5, 5.41) is 27.2. The zero-order chi connectivity index (χ0) is 27.7. The molecule has 0 saturated carbocycles. The summed E-state index contributed by atoms with van der Waals surface area (Å²) < 4.78 is 12.7. The fourth-order valence-corrected chi connectivity index (χ4v) is 5.36. The van der Waals surface area contributed by atoms with Gasteiger partial charge in [0.25, 0.3) is 11.5 Å². The maximum atomic E-state index is 13.2. The summed E-state index contributed by atoms with van der Waals surface area (Å²) in [6.45, 7) is 5.33. The molecule has 2 aliphatic rings. The number of rotatable bonds is 6. The second-order valence-electron chi connectivity index (χ2n) is 10.1. The molecule has 0 aliphatic carbocycles. The largest absolute Gasteiger partial charge is 0.479 e. The number of carboxylic acid groups (broad SMARTS) is 1. The molecule has 12 heteroatoms. The molecule has 2 aliphatic heterocycles. The number of ether oxygens (including phenoxy) is 2. The number of carbonyl (C=O) groups is 2. The Bertz CT molecular complexity index is 1510. The topological polar surface area (TPSA) is 163 Å². The summed E-state index contributed by atoms with van der Waals surface area (Å²) in [4.78, 5) is 42.0. The van der Waals surface area contributed by atoms with E-state index < -0.39 is 17.6 Å². The van der Waals surface area contributed by atoms with Crippen LogP contribution in [0.1, 0.15) is 42.1 Å². The number of benzene rings is 1. The minimum Gasteiger partial charge on any atom is -0.479 e. The third-order valence-corrected chi connectivity index (χ3v) is 7.51. The lowest BCUT2D eigenvalue weighted by molar-refractivity contribution is -0.158. The molecule has 3 aromatic rings. The first kappa shape index (κ1) is 26.4. The van der Waals surface area contributed by atoms with E-state index in [-0.39, 0.29) is 42.8 Å². The maximum absolute atomic E-state index is 13.2. The van der Waals surface area contributed by atoms with E-state index in [2.05, 4.69) is 16.4 Å². The number of fused-ring (bicyclic) bond motifs is 1. The molecule has 4 heterocycles. The van der Waals surface area contributed by atoms with Gasteiger partial charge in [-0.05, 0) is 56.5 Å². The molecule has 3 unspecified atom stereocenters. The second-order valence-corrected chi connectivity index (χ2v) is 10.1. The number of carboxylic acids is 1. The van der Waals surface area contributed by atoms with Crippen LogP contribution in [0, 0.1) is 18.3 Å². The number of morpholine rings is 1. The lowest BCUT2D eigenvalue weighted by atomic mass is 9.87. The van der Waals surface area contributed by atoms with Gasteiger partial charge in [-0.25, -0.2) is 4.79 Å². The number of pyridine rings is 1. The predicted octanol–water partition coefficient (Wildman–Crippen LogP) is 2.51. The van der Waals surface area contributed by atoms with Gasteiger partial charge in [-0.3, -0.25) is 14.3 Å². The van der Waals surface area contributed by atoms with Crippen LogP contribution in [-0.4, -0.2) is 75.2 Å². The highest BCUT2D eigenvalue weighted by molar-refractivity contribution is 5.97. The van der Waals surface area contributed by atoms with Crippen LogP contribution in [0.5, 0.6) is 0 Å². The lowest BCUT2D eigenvalue weighted by Crippen LogP contribution is -2.47. The summed E-state index contributed by atoms with van der Waals surface area (Å²) in [5.74, 6) is -0.828. The molecule has 0 radical (unpaired) electrons. The Labute approximate surface area is 224 Å². The molecule has 1 amide bonds. The zero-order valence-corrected chi connectivity index (χ0v) is 21.8. The number of carbonyl (C=O) groups excluding carboxylic acids is 1. The van der Waals surface area contributed by atoms with Crippen LogP contribution in [0.3, 0.4) is 0 Å². The van der Waals surface area contributed by atoms with Gasteiger partial charge < -0.3 is 29.8 Å². The highest BCUT2D eigenvalue weighted by Crippen LogP contribution is 2.37. The van der Waals surface area contributed by atoms with Gasteiger partial charge in [-0.1, -0.05) is 0 Å². The minimum absolute atomic E-state index is 0.0132. The van der Waals surface area contributed by atoms with E-state index in [0.717, 1.165) is 5.56 Å². The number of aliphatic carboxylic acids is 1. The molecule has 2 fully saturated rings. The van der Waals surface area contributed by atoms with Gasteiger partial charge in [0.05, 0.1) is 49.4 Å². The van der Waals surface area contributed by atoms with Crippen LogP contribution in [0.4, 0.5) is 11.5 Å². The average molecular weight is 535 g/mol. The van der Waals surface area contributed by atoms with E-state index in [4.69, 9.17) is 14.6 Å². The first-order valence-corrected chi connectivity index (χ1v) is 12.8. The van der Waals surface area contributed by atoms with Crippen LogP contribution in [0.2, 0.25) is 0 Å².